The van der Waals surface area contributed by atoms with Crippen molar-refractivity contribution in [2.45, 2.75) is 31.2 Å². The van der Waals surface area contributed by atoms with E-state index in [1.54, 1.807) is 4.72 Å². The van der Waals surface area contributed by atoms with Crippen LogP contribution in [0.4, 0.5) is 13.2 Å². The zero-order valence-corrected chi connectivity index (χ0v) is 10.0. The first-order valence-electron chi connectivity index (χ1n) is 5.44. The van der Waals surface area contributed by atoms with Crippen LogP contribution >= 0.6 is 0 Å². The molecule has 1 aliphatic rings. The fraction of sp³-hybridized carbons (Fsp3) is 1.00. The molecular formula is C9H16F3NO3S. The lowest BCUT2D eigenvalue weighted by Crippen LogP contribution is -2.41. The SMILES string of the molecule is O=S(=O)(NCC1CCCCC1CO)C(F)(F)F. The summed E-state index contributed by atoms with van der Waals surface area (Å²) in [5.74, 6) is -0.328. The van der Waals surface area contributed by atoms with Crippen molar-refractivity contribution in [2.24, 2.45) is 11.8 Å². The van der Waals surface area contributed by atoms with E-state index < -0.39 is 15.5 Å². The van der Waals surface area contributed by atoms with Gasteiger partial charge in [-0.05, 0) is 24.7 Å². The Balaban J connectivity index is 2.55. The summed E-state index contributed by atoms with van der Waals surface area (Å²) in [6, 6.07) is 0. The van der Waals surface area contributed by atoms with Crippen LogP contribution in [0.3, 0.4) is 0 Å². The molecule has 0 spiro atoms. The summed E-state index contributed by atoms with van der Waals surface area (Å²) in [4.78, 5) is 0. The highest BCUT2D eigenvalue weighted by molar-refractivity contribution is 7.90. The summed E-state index contributed by atoms with van der Waals surface area (Å²) in [7, 11) is -5.26. The molecule has 0 aromatic heterocycles. The smallest absolute Gasteiger partial charge is 0.396 e. The number of hydrogen-bond acceptors (Lipinski definition) is 3. The van der Waals surface area contributed by atoms with Gasteiger partial charge in [-0.3, -0.25) is 0 Å². The van der Waals surface area contributed by atoms with Crippen LogP contribution in [0.5, 0.6) is 0 Å². The van der Waals surface area contributed by atoms with Gasteiger partial charge in [-0.15, -0.1) is 0 Å². The minimum atomic E-state index is -5.27. The van der Waals surface area contributed by atoms with E-state index in [0.29, 0.717) is 6.42 Å². The first kappa shape index (κ1) is 14.7. The largest absolute Gasteiger partial charge is 0.511 e. The lowest BCUT2D eigenvalue weighted by atomic mass is 9.80. The van der Waals surface area contributed by atoms with Crippen molar-refractivity contribution in [2.75, 3.05) is 13.2 Å². The average molecular weight is 275 g/mol. The van der Waals surface area contributed by atoms with Crippen molar-refractivity contribution in [3.63, 3.8) is 0 Å². The summed E-state index contributed by atoms with van der Waals surface area (Å²) in [5.41, 5.74) is -5.27. The third kappa shape index (κ3) is 3.82. The van der Waals surface area contributed by atoms with Gasteiger partial charge in [0.05, 0.1) is 0 Å². The van der Waals surface area contributed by atoms with Gasteiger partial charge in [-0.2, -0.15) is 13.2 Å². The number of halogens is 3. The van der Waals surface area contributed by atoms with Gasteiger partial charge in [0.15, 0.2) is 0 Å². The van der Waals surface area contributed by atoms with Crippen molar-refractivity contribution in [3.8, 4) is 0 Å². The molecule has 0 amide bonds. The monoisotopic (exact) mass is 275 g/mol. The highest BCUT2D eigenvalue weighted by Gasteiger charge is 2.46. The Morgan fingerprint density at radius 3 is 2.18 bits per heavy atom. The quantitative estimate of drug-likeness (QED) is 0.811. The highest BCUT2D eigenvalue weighted by Crippen LogP contribution is 2.30. The van der Waals surface area contributed by atoms with Crippen LogP contribution in [0.1, 0.15) is 25.7 Å². The molecule has 0 aromatic rings. The molecule has 8 heteroatoms. The summed E-state index contributed by atoms with van der Waals surface area (Å²) < 4.78 is 59.4. The lowest BCUT2D eigenvalue weighted by Gasteiger charge is -2.30. The first-order chi connectivity index (χ1) is 7.78. The summed E-state index contributed by atoms with van der Waals surface area (Å²) in [6.45, 7) is -0.370. The molecule has 102 valence electrons. The molecule has 0 saturated heterocycles. The first-order valence-corrected chi connectivity index (χ1v) is 6.93. The second-order valence-electron chi connectivity index (χ2n) is 4.28. The highest BCUT2D eigenvalue weighted by atomic mass is 32.2. The molecule has 0 radical (unpaired) electrons. The topological polar surface area (TPSA) is 66.4 Å². The Labute approximate surface area is 98.3 Å². The molecule has 0 bridgehead atoms. The van der Waals surface area contributed by atoms with Crippen LogP contribution in [0.2, 0.25) is 0 Å². The van der Waals surface area contributed by atoms with Crippen molar-refractivity contribution >= 4 is 10.0 Å². The minimum Gasteiger partial charge on any atom is -0.396 e. The second-order valence-corrected chi connectivity index (χ2v) is 6.04. The van der Waals surface area contributed by atoms with Gasteiger partial charge >= 0.3 is 15.5 Å². The van der Waals surface area contributed by atoms with Gasteiger partial charge in [0.1, 0.15) is 0 Å². The van der Waals surface area contributed by atoms with E-state index in [1.807, 2.05) is 0 Å². The number of hydrogen-bond donors (Lipinski definition) is 2. The van der Waals surface area contributed by atoms with E-state index in [1.165, 1.54) is 0 Å². The number of rotatable bonds is 4. The van der Waals surface area contributed by atoms with E-state index in [4.69, 9.17) is 5.11 Å². The third-order valence-corrected chi connectivity index (χ3v) is 4.30. The zero-order valence-electron chi connectivity index (χ0n) is 9.20. The van der Waals surface area contributed by atoms with Crippen LogP contribution in [-0.4, -0.2) is 32.2 Å². The predicted octanol–water partition coefficient (Wildman–Crippen LogP) is 1.22. The number of aliphatic hydroxyl groups excluding tert-OH is 1. The Kier molecular flexibility index (Phi) is 4.79. The maximum atomic E-state index is 12.1. The van der Waals surface area contributed by atoms with Gasteiger partial charge in [-0.1, -0.05) is 12.8 Å². The number of alkyl halides is 3. The van der Waals surface area contributed by atoms with Gasteiger partial charge in [0, 0.05) is 13.2 Å². The van der Waals surface area contributed by atoms with E-state index in [9.17, 15) is 21.6 Å². The number of nitrogens with one attached hydrogen (secondary N) is 1. The van der Waals surface area contributed by atoms with Crippen molar-refractivity contribution in [3.05, 3.63) is 0 Å². The fourth-order valence-electron chi connectivity index (χ4n) is 2.09. The normalized spacial score (nSPS) is 27.1. The van der Waals surface area contributed by atoms with Gasteiger partial charge in [0.2, 0.25) is 0 Å². The zero-order chi connectivity index (χ0) is 13.1. The Morgan fingerprint density at radius 1 is 1.18 bits per heavy atom. The molecule has 4 nitrogen and oxygen atoms in total. The molecule has 1 aliphatic carbocycles. The van der Waals surface area contributed by atoms with Crippen molar-refractivity contribution < 1.29 is 26.7 Å². The lowest BCUT2D eigenvalue weighted by molar-refractivity contribution is -0.0449. The molecule has 1 rings (SSSR count). The van der Waals surface area contributed by atoms with Crippen molar-refractivity contribution in [1.82, 2.24) is 4.72 Å². The number of aliphatic hydroxyl groups is 1. The van der Waals surface area contributed by atoms with Crippen LogP contribution in [-0.2, 0) is 10.0 Å². The van der Waals surface area contributed by atoms with E-state index in [-0.39, 0.29) is 25.0 Å². The molecule has 0 aliphatic heterocycles. The molecular weight excluding hydrogens is 259 g/mol. The molecule has 0 heterocycles. The Morgan fingerprint density at radius 2 is 1.71 bits per heavy atom. The standard InChI is InChI=1S/C9H16F3NO3S/c10-9(11,12)17(15,16)13-5-7-3-1-2-4-8(7)6-14/h7-8,13-14H,1-6H2. The van der Waals surface area contributed by atoms with Crippen molar-refractivity contribution in [1.29, 1.82) is 0 Å². The number of sulfonamides is 1. The van der Waals surface area contributed by atoms with Crippen LogP contribution in [0.25, 0.3) is 0 Å². The molecule has 2 N–H and O–H groups in total. The molecule has 17 heavy (non-hydrogen) atoms. The summed E-state index contributed by atoms with van der Waals surface area (Å²) in [5, 5.41) is 9.05. The van der Waals surface area contributed by atoms with Crippen LogP contribution in [0, 0.1) is 11.8 Å². The van der Waals surface area contributed by atoms with E-state index >= 15 is 0 Å². The molecule has 2 unspecified atom stereocenters. The maximum absolute atomic E-state index is 12.1. The molecule has 1 saturated carbocycles. The molecule has 1 fully saturated rings. The van der Waals surface area contributed by atoms with E-state index in [2.05, 4.69) is 0 Å². The maximum Gasteiger partial charge on any atom is 0.511 e. The molecule has 2 atom stereocenters. The fourth-order valence-corrected chi connectivity index (χ4v) is 2.69. The van der Waals surface area contributed by atoms with Gasteiger partial charge in [-0.25, -0.2) is 13.1 Å². The minimum absolute atomic E-state index is 0.111. The second kappa shape index (κ2) is 5.53. The summed E-state index contributed by atoms with van der Waals surface area (Å²) in [6.07, 6.45) is 3.16. The van der Waals surface area contributed by atoms with Gasteiger partial charge < -0.3 is 5.11 Å². The third-order valence-electron chi connectivity index (χ3n) is 3.14. The van der Waals surface area contributed by atoms with Crippen LogP contribution in [0.15, 0.2) is 0 Å². The van der Waals surface area contributed by atoms with E-state index in [0.717, 1.165) is 19.3 Å². The Hall–Kier alpha value is -0.340. The predicted molar refractivity (Wildman–Crippen MR) is 55.5 cm³/mol. The molecule has 0 aromatic carbocycles. The van der Waals surface area contributed by atoms with Gasteiger partial charge in [0.25, 0.3) is 0 Å². The average Bonchev–Trinajstić information content (AvgIpc) is 2.25. The summed E-state index contributed by atoms with van der Waals surface area (Å²) >= 11 is 0. The Bertz CT molecular complexity index is 342. The van der Waals surface area contributed by atoms with Crippen LogP contribution < -0.4 is 4.72 Å².